The van der Waals surface area contributed by atoms with Crippen LogP contribution in [-0.2, 0) is 0 Å². The van der Waals surface area contributed by atoms with Gasteiger partial charge in [-0.15, -0.1) is 0 Å². The summed E-state index contributed by atoms with van der Waals surface area (Å²) in [4.78, 5) is 0. The van der Waals surface area contributed by atoms with Gasteiger partial charge in [0.1, 0.15) is 0 Å². The molecule has 0 atom stereocenters. The molecule has 0 radical (unpaired) electrons. The molecule has 0 fully saturated rings. The van der Waals surface area contributed by atoms with Crippen molar-refractivity contribution in [2.24, 2.45) is 0 Å². The molecule has 0 aromatic carbocycles. The summed E-state index contributed by atoms with van der Waals surface area (Å²) in [6, 6.07) is 0.933. The zero-order chi connectivity index (χ0) is 9.56. The number of nitrogens with one attached hydrogen (secondary N) is 2. The van der Waals surface area contributed by atoms with Gasteiger partial charge in [-0.1, -0.05) is 13.8 Å². The van der Waals surface area contributed by atoms with Crippen LogP contribution in [0.15, 0.2) is 0 Å². The third-order valence-corrected chi connectivity index (χ3v) is 1.98. The van der Waals surface area contributed by atoms with E-state index in [1.807, 2.05) is 0 Å². The van der Waals surface area contributed by atoms with Gasteiger partial charge in [0.05, 0.1) is 0 Å². The van der Waals surface area contributed by atoms with Gasteiger partial charge in [-0.3, -0.25) is 0 Å². The summed E-state index contributed by atoms with van der Waals surface area (Å²) in [5, 5.41) is 7.21. The Bertz CT molecular complexity index is 130. The smallest absolute Gasteiger partial charge is 0.166 e. The average molecular weight is 188 g/mol. The van der Waals surface area contributed by atoms with Crippen molar-refractivity contribution in [3.8, 4) is 0 Å². The van der Waals surface area contributed by atoms with E-state index >= 15 is 0 Å². The maximum atomic E-state index is 5.12. The summed E-state index contributed by atoms with van der Waals surface area (Å²) < 4.78 is 0. The highest BCUT2D eigenvalue weighted by Gasteiger charge is 2.04. The molecule has 72 valence electrons. The minimum Gasteiger partial charge on any atom is -0.361 e. The predicted molar refractivity (Wildman–Crippen MR) is 58.4 cm³/mol. The van der Waals surface area contributed by atoms with Crippen LogP contribution in [0, 0.1) is 0 Å². The highest BCUT2D eigenvalue weighted by Crippen LogP contribution is 1.95. The van der Waals surface area contributed by atoms with Crippen molar-refractivity contribution >= 4 is 17.3 Å². The summed E-state index contributed by atoms with van der Waals surface area (Å²) in [6.45, 7) is 8.50. The lowest BCUT2D eigenvalue weighted by molar-refractivity contribution is 0.558. The van der Waals surface area contributed by atoms with E-state index in [1.165, 1.54) is 0 Å². The normalized spacial score (nSPS) is 10.5. The van der Waals surface area contributed by atoms with Crippen LogP contribution in [0.2, 0.25) is 0 Å². The first-order valence-corrected chi connectivity index (χ1v) is 5.08. The third-order valence-electron chi connectivity index (χ3n) is 1.74. The summed E-state index contributed by atoms with van der Waals surface area (Å²) >= 11 is 5.12. The molecule has 0 aromatic heterocycles. The lowest BCUT2D eigenvalue weighted by Gasteiger charge is -2.19. The first-order chi connectivity index (χ1) is 5.60. The molecule has 0 saturated carbocycles. The second kappa shape index (κ2) is 6.23. The number of hydrogen-bond acceptors (Lipinski definition) is 1. The maximum absolute atomic E-state index is 5.12. The first kappa shape index (κ1) is 11.7. The molecule has 12 heavy (non-hydrogen) atoms. The molecule has 2 nitrogen and oxygen atoms in total. The van der Waals surface area contributed by atoms with Crippen molar-refractivity contribution in [3.63, 3.8) is 0 Å². The molecule has 0 bridgehead atoms. The molecule has 0 aliphatic heterocycles. The van der Waals surface area contributed by atoms with Crippen LogP contribution in [0.25, 0.3) is 0 Å². The molecule has 0 heterocycles. The fourth-order valence-electron chi connectivity index (χ4n) is 0.982. The summed E-state index contributed by atoms with van der Waals surface area (Å²) in [7, 11) is 0. The molecule has 2 N–H and O–H groups in total. The topological polar surface area (TPSA) is 24.1 Å². The Morgan fingerprint density at radius 3 is 2.00 bits per heavy atom. The third kappa shape index (κ3) is 5.35. The van der Waals surface area contributed by atoms with E-state index in [1.54, 1.807) is 0 Å². The summed E-state index contributed by atoms with van der Waals surface area (Å²) in [5.41, 5.74) is 0. The van der Waals surface area contributed by atoms with E-state index in [2.05, 4.69) is 38.3 Å². The molecule has 3 heteroatoms. The zero-order valence-corrected chi connectivity index (χ0v) is 9.29. The van der Waals surface area contributed by atoms with Crippen molar-refractivity contribution in [3.05, 3.63) is 0 Å². The van der Waals surface area contributed by atoms with Crippen LogP contribution in [0.4, 0.5) is 0 Å². The molecule has 0 aliphatic carbocycles. The number of hydrogen-bond donors (Lipinski definition) is 2. The minimum atomic E-state index is 0.416. The number of rotatable bonds is 4. The van der Waals surface area contributed by atoms with Crippen molar-refractivity contribution in [1.29, 1.82) is 0 Å². The largest absolute Gasteiger partial charge is 0.361 e. The molecule has 0 spiro atoms. The van der Waals surface area contributed by atoms with Gasteiger partial charge in [-0.05, 0) is 38.9 Å². The van der Waals surface area contributed by atoms with Crippen LogP contribution in [-0.4, -0.2) is 17.2 Å². The van der Waals surface area contributed by atoms with Gasteiger partial charge in [0, 0.05) is 12.1 Å². The first-order valence-electron chi connectivity index (χ1n) is 4.67. The SMILES string of the molecule is CCC(CC)NC(=S)NC(C)C. The van der Waals surface area contributed by atoms with Crippen molar-refractivity contribution < 1.29 is 0 Å². The van der Waals surface area contributed by atoms with Gasteiger partial charge >= 0.3 is 0 Å². The quantitative estimate of drug-likeness (QED) is 0.660. The number of thiocarbonyl (C=S) groups is 1. The highest BCUT2D eigenvalue weighted by molar-refractivity contribution is 7.80. The predicted octanol–water partition coefficient (Wildman–Crippen LogP) is 2.05. The van der Waals surface area contributed by atoms with E-state index in [0.717, 1.165) is 18.0 Å². The van der Waals surface area contributed by atoms with Crippen molar-refractivity contribution in [2.75, 3.05) is 0 Å². The molecule has 0 amide bonds. The van der Waals surface area contributed by atoms with Crippen LogP contribution >= 0.6 is 12.2 Å². The highest BCUT2D eigenvalue weighted by atomic mass is 32.1. The Morgan fingerprint density at radius 1 is 1.17 bits per heavy atom. The molecule has 0 unspecified atom stereocenters. The molecular weight excluding hydrogens is 168 g/mol. The van der Waals surface area contributed by atoms with Crippen LogP contribution < -0.4 is 10.6 Å². The average Bonchev–Trinajstić information content (AvgIpc) is 1.98. The van der Waals surface area contributed by atoms with Gasteiger partial charge in [-0.2, -0.15) is 0 Å². The minimum absolute atomic E-state index is 0.416. The van der Waals surface area contributed by atoms with E-state index in [9.17, 15) is 0 Å². The Labute approximate surface area is 81.1 Å². The van der Waals surface area contributed by atoms with Gasteiger partial charge in [0.2, 0.25) is 0 Å². The Morgan fingerprint density at radius 2 is 1.67 bits per heavy atom. The standard InChI is InChI=1S/C9H20N2S/c1-5-8(6-2)11-9(12)10-7(3)4/h7-8H,5-6H2,1-4H3,(H2,10,11,12). The Balaban J connectivity index is 3.66. The second-order valence-electron chi connectivity index (χ2n) is 3.29. The monoisotopic (exact) mass is 188 g/mol. The van der Waals surface area contributed by atoms with Gasteiger partial charge < -0.3 is 10.6 Å². The summed E-state index contributed by atoms with van der Waals surface area (Å²) in [6.07, 6.45) is 2.24. The Kier molecular flexibility index (Phi) is 6.07. The van der Waals surface area contributed by atoms with Gasteiger partial charge in [0.25, 0.3) is 0 Å². The molecule has 0 rings (SSSR count). The van der Waals surface area contributed by atoms with Crippen molar-refractivity contribution in [1.82, 2.24) is 10.6 Å². The molecule has 0 saturated heterocycles. The van der Waals surface area contributed by atoms with Crippen LogP contribution in [0.5, 0.6) is 0 Å². The maximum Gasteiger partial charge on any atom is 0.166 e. The van der Waals surface area contributed by atoms with E-state index < -0.39 is 0 Å². The van der Waals surface area contributed by atoms with Gasteiger partial charge in [-0.25, -0.2) is 0 Å². The summed E-state index contributed by atoms with van der Waals surface area (Å²) in [5.74, 6) is 0. The molecule has 0 aromatic rings. The van der Waals surface area contributed by atoms with Crippen molar-refractivity contribution in [2.45, 2.75) is 52.6 Å². The van der Waals surface area contributed by atoms with E-state index in [0.29, 0.717) is 12.1 Å². The lowest BCUT2D eigenvalue weighted by atomic mass is 10.2. The van der Waals surface area contributed by atoms with E-state index in [4.69, 9.17) is 12.2 Å². The fourth-order valence-corrected chi connectivity index (χ4v) is 1.38. The molecule has 0 aliphatic rings. The van der Waals surface area contributed by atoms with E-state index in [-0.39, 0.29) is 0 Å². The van der Waals surface area contributed by atoms with Crippen LogP contribution in [0.3, 0.4) is 0 Å². The fraction of sp³-hybridized carbons (Fsp3) is 0.889. The zero-order valence-electron chi connectivity index (χ0n) is 8.48. The van der Waals surface area contributed by atoms with Gasteiger partial charge in [0.15, 0.2) is 5.11 Å². The van der Waals surface area contributed by atoms with Crippen LogP contribution in [0.1, 0.15) is 40.5 Å². The second-order valence-corrected chi connectivity index (χ2v) is 3.69. The molecular formula is C9H20N2S. The Hall–Kier alpha value is -0.310. The lowest BCUT2D eigenvalue weighted by Crippen LogP contribution is -2.43.